The van der Waals surface area contributed by atoms with Crippen LogP contribution in [0.2, 0.25) is 5.02 Å². The second-order valence-corrected chi connectivity index (χ2v) is 3.09. The Morgan fingerprint density at radius 3 is 3.18 bits per heavy atom. The van der Waals surface area contributed by atoms with Crippen LogP contribution in [-0.4, -0.2) is 11.5 Å². The van der Waals surface area contributed by atoms with E-state index in [1.54, 1.807) is 6.20 Å². The first kappa shape index (κ1) is 7.07. The van der Waals surface area contributed by atoms with Crippen molar-refractivity contribution in [2.24, 2.45) is 0 Å². The second kappa shape index (κ2) is 2.80. The summed E-state index contributed by atoms with van der Waals surface area (Å²) in [4.78, 5) is 4.03. The predicted molar refractivity (Wildman–Crippen MR) is 44.7 cm³/mol. The molecule has 0 fully saturated rings. The van der Waals surface area contributed by atoms with Gasteiger partial charge in [-0.2, -0.15) is 0 Å². The molecule has 1 aromatic heterocycles. The molecule has 58 valence electrons. The highest BCUT2D eigenvalue weighted by atomic mass is 35.5. The highest BCUT2D eigenvalue weighted by Gasteiger charge is 2.10. The van der Waals surface area contributed by atoms with Gasteiger partial charge in [-0.15, -0.1) is 0 Å². The molecule has 0 aromatic carbocycles. The van der Waals surface area contributed by atoms with Crippen LogP contribution < -0.4 is 5.32 Å². The highest BCUT2D eigenvalue weighted by Crippen LogP contribution is 2.20. The number of nitrogens with one attached hydrogen (secondary N) is 1. The van der Waals surface area contributed by atoms with Crippen molar-refractivity contribution < 1.29 is 0 Å². The van der Waals surface area contributed by atoms with Crippen LogP contribution in [0.5, 0.6) is 0 Å². The Labute approximate surface area is 70.6 Å². The van der Waals surface area contributed by atoms with E-state index in [9.17, 15) is 0 Å². The summed E-state index contributed by atoms with van der Waals surface area (Å²) >= 11 is 5.95. The minimum absolute atomic E-state index is 0.809. The summed E-state index contributed by atoms with van der Waals surface area (Å²) in [6.45, 7) is 1.93. The fourth-order valence-corrected chi connectivity index (χ4v) is 1.64. The first-order valence-corrected chi connectivity index (χ1v) is 4.07. The summed E-state index contributed by atoms with van der Waals surface area (Å²) in [5.41, 5.74) is 2.50. The van der Waals surface area contributed by atoms with E-state index < -0.39 is 0 Å². The molecule has 1 N–H and O–H groups in total. The van der Waals surface area contributed by atoms with Crippen molar-refractivity contribution in [3.63, 3.8) is 0 Å². The van der Waals surface area contributed by atoms with Gasteiger partial charge in [-0.1, -0.05) is 11.6 Å². The van der Waals surface area contributed by atoms with Gasteiger partial charge < -0.3 is 5.32 Å². The standard InChI is InChI=1S/C8H9ClN2/c9-8-5-11-4-6-3-10-2-1-7(6)8/h4-5,10H,1-3H2. The molecule has 0 saturated heterocycles. The van der Waals surface area contributed by atoms with Gasteiger partial charge in [0.1, 0.15) is 0 Å². The number of aromatic nitrogens is 1. The van der Waals surface area contributed by atoms with Gasteiger partial charge in [0.05, 0.1) is 5.02 Å². The van der Waals surface area contributed by atoms with Crippen molar-refractivity contribution >= 4 is 11.6 Å². The van der Waals surface area contributed by atoms with E-state index in [4.69, 9.17) is 11.6 Å². The predicted octanol–water partition coefficient (Wildman–Crippen LogP) is 1.38. The molecule has 2 heterocycles. The van der Waals surface area contributed by atoms with Gasteiger partial charge in [-0.3, -0.25) is 4.98 Å². The highest BCUT2D eigenvalue weighted by molar-refractivity contribution is 6.31. The third-order valence-electron chi connectivity index (χ3n) is 1.96. The van der Waals surface area contributed by atoms with Crippen molar-refractivity contribution in [3.8, 4) is 0 Å². The fraction of sp³-hybridized carbons (Fsp3) is 0.375. The third-order valence-corrected chi connectivity index (χ3v) is 2.29. The molecule has 0 spiro atoms. The largest absolute Gasteiger partial charge is 0.312 e. The summed E-state index contributed by atoms with van der Waals surface area (Å²) in [5.74, 6) is 0. The van der Waals surface area contributed by atoms with Gasteiger partial charge in [0.2, 0.25) is 0 Å². The molecule has 0 bridgehead atoms. The van der Waals surface area contributed by atoms with E-state index in [2.05, 4.69) is 10.3 Å². The normalized spacial score (nSPS) is 16.1. The smallest absolute Gasteiger partial charge is 0.0625 e. The second-order valence-electron chi connectivity index (χ2n) is 2.69. The first-order valence-electron chi connectivity index (χ1n) is 3.70. The summed E-state index contributed by atoms with van der Waals surface area (Å²) in [7, 11) is 0. The molecule has 0 atom stereocenters. The van der Waals surface area contributed by atoms with Gasteiger partial charge in [-0.05, 0) is 24.1 Å². The number of nitrogens with zero attached hydrogens (tertiary/aromatic N) is 1. The van der Waals surface area contributed by atoms with Gasteiger partial charge >= 0.3 is 0 Å². The summed E-state index contributed by atoms with van der Waals surface area (Å²) in [5, 5.41) is 4.08. The zero-order valence-corrected chi connectivity index (χ0v) is 6.86. The van der Waals surface area contributed by atoms with E-state index in [1.807, 2.05) is 6.20 Å². The maximum atomic E-state index is 5.95. The number of fused-ring (bicyclic) bond motifs is 1. The molecule has 0 saturated carbocycles. The number of hydrogen-bond acceptors (Lipinski definition) is 2. The van der Waals surface area contributed by atoms with Crippen LogP contribution in [-0.2, 0) is 13.0 Å². The molecular weight excluding hydrogens is 160 g/mol. The maximum Gasteiger partial charge on any atom is 0.0625 e. The molecule has 1 aliphatic heterocycles. The Kier molecular flexibility index (Phi) is 1.80. The van der Waals surface area contributed by atoms with Crippen LogP contribution in [0.4, 0.5) is 0 Å². The molecule has 2 rings (SSSR count). The first-order chi connectivity index (χ1) is 5.38. The van der Waals surface area contributed by atoms with Crippen LogP contribution in [0.1, 0.15) is 11.1 Å². The Bertz CT molecular complexity index is 273. The fourth-order valence-electron chi connectivity index (χ4n) is 1.37. The lowest BCUT2D eigenvalue weighted by atomic mass is 10.0. The summed E-state index contributed by atoms with van der Waals surface area (Å²) in [6, 6.07) is 0. The lowest BCUT2D eigenvalue weighted by molar-refractivity contribution is 0.641. The minimum atomic E-state index is 0.809. The average Bonchev–Trinajstić information content (AvgIpc) is 2.06. The molecule has 0 amide bonds. The van der Waals surface area contributed by atoms with E-state index in [1.165, 1.54) is 11.1 Å². The SMILES string of the molecule is Clc1cncc2c1CCNC2. The van der Waals surface area contributed by atoms with Crippen molar-refractivity contribution in [1.29, 1.82) is 0 Å². The number of rotatable bonds is 0. The zero-order valence-electron chi connectivity index (χ0n) is 6.10. The topological polar surface area (TPSA) is 24.9 Å². The monoisotopic (exact) mass is 168 g/mol. The number of hydrogen-bond donors (Lipinski definition) is 1. The van der Waals surface area contributed by atoms with Gasteiger partial charge in [0.25, 0.3) is 0 Å². The minimum Gasteiger partial charge on any atom is -0.312 e. The van der Waals surface area contributed by atoms with E-state index in [0.717, 1.165) is 24.5 Å². The quantitative estimate of drug-likeness (QED) is 0.633. The Morgan fingerprint density at radius 2 is 2.36 bits per heavy atom. The molecule has 0 aliphatic carbocycles. The Morgan fingerprint density at radius 1 is 1.45 bits per heavy atom. The van der Waals surface area contributed by atoms with Gasteiger partial charge in [0.15, 0.2) is 0 Å². The van der Waals surface area contributed by atoms with Crippen molar-refractivity contribution in [3.05, 3.63) is 28.5 Å². The van der Waals surface area contributed by atoms with Crippen molar-refractivity contribution in [1.82, 2.24) is 10.3 Å². The molecule has 1 aromatic rings. The van der Waals surface area contributed by atoms with E-state index >= 15 is 0 Å². The van der Waals surface area contributed by atoms with Crippen molar-refractivity contribution in [2.75, 3.05) is 6.54 Å². The van der Waals surface area contributed by atoms with E-state index in [-0.39, 0.29) is 0 Å². The molecule has 3 heteroatoms. The molecule has 0 unspecified atom stereocenters. The molecule has 2 nitrogen and oxygen atoms in total. The van der Waals surface area contributed by atoms with E-state index in [0.29, 0.717) is 0 Å². The zero-order chi connectivity index (χ0) is 7.68. The lowest BCUT2D eigenvalue weighted by Crippen LogP contribution is -2.23. The van der Waals surface area contributed by atoms with Gasteiger partial charge in [0, 0.05) is 18.9 Å². The van der Waals surface area contributed by atoms with Crippen LogP contribution >= 0.6 is 11.6 Å². The third kappa shape index (κ3) is 1.24. The van der Waals surface area contributed by atoms with Crippen LogP contribution in [0.15, 0.2) is 12.4 Å². The summed E-state index contributed by atoms with van der Waals surface area (Å²) < 4.78 is 0. The molecule has 11 heavy (non-hydrogen) atoms. The average molecular weight is 169 g/mol. The van der Waals surface area contributed by atoms with Crippen LogP contribution in [0, 0.1) is 0 Å². The number of halogens is 1. The Hall–Kier alpha value is -0.600. The lowest BCUT2D eigenvalue weighted by Gasteiger charge is -2.16. The molecule has 0 radical (unpaired) electrons. The maximum absolute atomic E-state index is 5.95. The molecular formula is C8H9ClN2. The van der Waals surface area contributed by atoms with Gasteiger partial charge in [-0.25, -0.2) is 0 Å². The van der Waals surface area contributed by atoms with Crippen LogP contribution in [0.3, 0.4) is 0 Å². The number of pyridine rings is 1. The Balaban J connectivity index is 2.49. The van der Waals surface area contributed by atoms with Crippen LogP contribution in [0.25, 0.3) is 0 Å². The summed E-state index contributed by atoms with van der Waals surface area (Å²) in [6.07, 6.45) is 4.62. The molecule has 1 aliphatic rings. The van der Waals surface area contributed by atoms with Crippen molar-refractivity contribution in [2.45, 2.75) is 13.0 Å².